The van der Waals surface area contributed by atoms with Gasteiger partial charge < -0.3 is 0 Å². The van der Waals surface area contributed by atoms with Crippen molar-refractivity contribution < 1.29 is 0 Å². The SMILES string of the molecule is c1cnc2c(c1)C(=C1C3CC4CC1CC(C3)C4=C1c3cccnc3-c3ncccc31)c1cccnc1-2. The van der Waals surface area contributed by atoms with E-state index in [9.17, 15) is 0 Å². The molecule has 4 heteroatoms. The maximum absolute atomic E-state index is 4.75. The first-order chi connectivity index (χ1) is 17.9. The third kappa shape index (κ3) is 2.35. The normalized spacial score (nSPS) is 26.2. The van der Waals surface area contributed by atoms with E-state index in [0.29, 0.717) is 23.7 Å². The van der Waals surface area contributed by atoms with E-state index in [2.05, 4.69) is 48.5 Å². The van der Waals surface area contributed by atoms with Crippen LogP contribution in [0, 0.1) is 23.7 Å². The van der Waals surface area contributed by atoms with Crippen LogP contribution >= 0.6 is 0 Å². The number of aromatic nitrogens is 4. The van der Waals surface area contributed by atoms with Crippen molar-refractivity contribution in [1.29, 1.82) is 0 Å². The van der Waals surface area contributed by atoms with Crippen molar-refractivity contribution in [3.8, 4) is 22.8 Å². The molecule has 6 aliphatic rings. The van der Waals surface area contributed by atoms with E-state index in [-0.39, 0.29) is 0 Å². The van der Waals surface area contributed by atoms with Crippen LogP contribution < -0.4 is 0 Å². The summed E-state index contributed by atoms with van der Waals surface area (Å²) < 4.78 is 0. The maximum atomic E-state index is 4.75. The Hall–Kier alpha value is -3.92. The Morgan fingerprint density at radius 3 is 0.972 bits per heavy atom. The van der Waals surface area contributed by atoms with Crippen molar-refractivity contribution in [1.82, 2.24) is 19.9 Å². The molecule has 0 aliphatic heterocycles. The number of rotatable bonds is 0. The lowest BCUT2D eigenvalue weighted by Crippen LogP contribution is -2.43. The van der Waals surface area contributed by atoms with Gasteiger partial charge in [0, 0.05) is 47.0 Å². The molecule has 0 aromatic carbocycles. The van der Waals surface area contributed by atoms with Gasteiger partial charge in [0.2, 0.25) is 0 Å². The number of allylic oxidation sites excluding steroid dienone is 2. The van der Waals surface area contributed by atoms with E-state index < -0.39 is 0 Å². The monoisotopic (exact) mass is 464 g/mol. The van der Waals surface area contributed by atoms with Crippen LogP contribution in [0.25, 0.3) is 33.9 Å². The first-order valence-corrected chi connectivity index (χ1v) is 13.2. The zero-order valence-electron chi connectivity index (χ0n) is 19.9. The zero-order chi connectivity index (χ0) is 23.4. The molecule has 6 aliphatic carbocycles. The molecular weight excluding hydrogens is 440 g/mol. The average Bonchev–Trinajstić information content (AvgIpc) is 3.42. The van der Waals surface area contributed by atoms with Gasteiger partial charge in [-0.1, -0.05) is 35.4 Å². The molecule has 4 nitrogen and oxygen atoms in total. The van der Waals surface area contributed by atoms with Gasteiger partial charge in [-0.05, 0) is 84.8 Å². The summed E-state index contributed by atoms with van der Waals surface area (Å²) in [5.41, 5.74) is 15.7. The third-order valence-corrected chi connectivity index (χ3v) is 9.37. The van der Waals surface area contributed by atoms with Gasteiger partial charge in [-0.15, -0.1) is 0 Å². The second kappa shape index (κ2) is 6.85. The van der Waals surface area contributed by atoms with Crippen LogP contribution in [0.5, 0.6) is 0 Å². The highest BCUT2D eigenvalue weighted by Gasteiger charge is 2.51. The molecule has 4 saturated carbocycles. The first-order valence-electron chi connectivity index (χ1n) is 13.2. The van der Waals surface area contributed by atoms with Gasteiger partial charge >= 0.3 is 0 Å². The average molecular weight is 465 g/mol. The van der Waals surface area contributed by atoms with E-state index in [1.165, 1.54) is 59.1 Å². The Morgan fingerprint density at radius 1 is 0.417 bits per heavy atom. The summed E-state index contributed by atoms with van der Waals surface area (Å²) in [7, 11) is 0. The Kier molecular flexibility index (Phi) is 3.67. The van der Waals surface area contributed by atoms with Crippen LogP contribution in [0.4, 0.5) is 0 Å². The van der Waals surface area contributed by atoms with E-state index >= 15 is 0 Å². The van der Waals surface area contributed by atoms with Gasteiger partial charge in [-0.2, -0.15) is 0 Å². The van der Waals surface area contributed by atoms with Gasteiger partial charge in [0.05, 0.1) is 22.8 Å². The second-order valence-corrected chi connectivity index (χ2v) is 11.0. The van der Waals surface area contributed by atoms with Crippen LogP contribution in [0.2, 0.25) is 0 Å². The summed E-state index contributed by atoms with van der Waals surface area (Å²) in [5, 5.41) is 0. The van der Waals surface area contributed by atoms with Gasteiger partial charge in [-0.3, -0.25) is 19.9 Å². The van der Waals surface area contributed by atoms with Gasteiger partial charge in [0.1, 0.15) is 0 Å². The molecule has 0 radical (unpaired) electrons. The molecule has 10 rings (SSSR count). The fourth-order valence-corrected chi connectivity index (χ4v) is 8.35. The molecule has 0 spiro atoms. The third-order valence-electron chi connectivity index (χ3n) is 9.37. The first kappa shape index (κ1) is 19.3. The van der Waals surface area contributed by atoms with Crippen molar-refractivity contribution in [3.63, 3.8) is 0 Å². The van der Waals surface area contributed by atoms with Gasteiger partial charge in [-0.25, -0.2) is 0 Å². The predicted molar refractivity (Wildman–Crippen MR) is 139 cm³/mol. The highest BCUT2D eigenvalue weighted by molar-refractivity contribution is 6.01. The minimum atomic E-state index is 0.647. The highest BCUT2D eigenvalue weighted by Crippen LogP contribution is 2.64. The zero-order valence-corrected chi connectivity index (χ0v) is 19.9. The molecule has 4 aromatic rings. The summed E-state index contributed by atoms with van der Waals surface area (Å²) in [6.45, 7) is 0. The molecule has 0 unspecified atom stereocenters. The summed E-state index contributed by atoms with van der Waals surface area (Å²) >= 11 is 0. The number of nitrogens with zero attached hydrogens (tertiary/aromatic N) is 4. The molecule has 0 atom stereocenters. The van der Waals surface area contributed by atoms with E-state index in [4.69, 9.17) is 19.9 Å². The lowest BCUT2D eigenvalue weighted by Gasteiger charge is -2.54. The van der Waals surface area contributed by atoms with Gasteiger partial charge in [0.25, 0.3) is 0 Å². The van der Waals surface area contributed by atoms with Crippen molar-refractivity contribution >= 4 is 11.1 Å². The number of hydrogen-bond donors (Lipinski definition) is 0. The van der Waals surface area contributed by atoms with E-state index in [1.807, 2.05) is 24.8 Å². The summed E-state index contributed by atoms with van der Waals surface area (Å²) in [6, 6.07) is 17.4. The van der Waals surface area contributed by atoms with E-state index in [1.54, 1.807) is 11.1 Å². The fraction of sp³-hybridized carbons (Fsp3) is 0.250. The summed E-state index contributed by atoms with van der Waals surface area (Å²) in [4.78, 5) is 19.0. The van der Waals surface area contributed by atoms with Crippen LogP contribution in [0.3, 0.4) is 0 Å². The molecule has 4 heterocycles. The number of hydrogen-bond acceptors (Lipinski definition) is 4. The highest BCUT2D eigenvalue weighted by atomic mass is 14.8. The summed E-state index contributed by atoms with van der Waals surface area (Å²) in [5.74, 6) is 2.59. The molecule has 36 heavy (non-hydrogen) atoms. The van der Waals surface area contributed by atoms with Crippen molar-refractivity contribution in [2.24, 2.45) is 23.7 Å². The van der Waals surface area contributed by atoms with Crippen molar-refractivity contribution in [2.75, 3.05) is 0 Å². The topological polar surface area (TPSA) is 51.6 Å². The van der Waals surface area contributed by atoms with E-state index in [0.717, 1.165) is 22.8 Å². The Labute approximate surface area is 209 Å². The Balaban J connectivity index is 1.21. The lowest BCUT2D eigenvalue weighted by molar-refractivity contribution is 0.132. The van der Waals surface area contributed by atoms with Crippen LogP contribution in [0.1, 0.15) is 47.9 Å². The quantitative estimate of drug-likeness (QED) is 0.254. The molecule has 4 bridgehead atoms. The van der Waals surface area contributed by atoms with Crippen LogP contribution in [-0.2, 0) is 0 Å². The number of pyridine rings is 4. The van der Waals surface area contributed by atoms with Crippen molar-refractivity contribution in [3.05, 3.63) is 107 Å². The molecule has 0 amide bonds. The lowest BCUT2D eigenvalue weighted by atomic mass is 9.50. The van der Waals surface area contributed by atoms with Gasteiger partial charge in [0.15, 0.2) is 0 Å². The minimum absolute atomic E-state index is 0.647. The molecule has 172 valence electrons. The predicted octanol–water partition coefficient (Wildman–Crippen LogP) is 6.60. The molecule has 0 saturated heterocycles. The standard InChI is InChI=1S/C32H24N4/c1-5-21-27(22-6-2-10-34-30(22)29(21)33-9-1)25-17-13-19-15-18(25)16-20(14-17)26(19)28-23-7-3-11-35-31(23)32-24(28)8-4-12-36-32/h1-12,17-20H,13-16H2. The minimum Gasteiger partial charge on any atom is -0.254 e. The molecule has 4 aromatic heterocycles. The fourth-order valence-electron chi connectivity index (χ4n) is 8.35. The Bertz CT molecular complexity index is 1430. The maximum Gasteiger partial charge on any atom is 0.0970 e. The summed E-state index contributed by atoms with van der Waals surface area (Å²) in [6.07, 6.45) is 12.6. The number of fused-ring (bicyclic) bond motifs is 6. The molecule has 4 fully saturated rings. The Morgan fingerprint density at radius 2 is 0.694 bits per heavy atom. The largest absolute Gasteiger partial charge is 0.254 e. The molecule has 0 N–H and O–H groups in total. The second-order valence-electron chi connectivity index (χ2n) is 11.0. The van der Waals surface area contributed by atoms with Crippen LogP contribution in [0.15, 0.2) is 84.5 Å². The van der Waals surface area contributed by atoms with Crippen molar-refractivity contribution in [2.45, 2.75) is 25.7 Å². The molecular formula is C32H24N4. The smallest absolute Gasteiger partial charge is 0.0970 e. The van der Waals surface area contributed by atoms with Crippen LogP contribution in [-0.4, -0.2) is 19.9 Å².